The van der Waals surface area contributed by atoms with Gasteiger partial charge in [0.25, 0.3) is 5.91 Å². The molecule has 0 aliphatic carbocycles. The van der Waals surface area contributed by atoms with Crippen molar-refractivity contribution in [1.29, 1.82) is 0 Å². The van der Waals surface area contributed by atoms with Crippen LogP contribution in [0.4, 0.5) is 5.69 Å². The van der Waals surface area contributed by atoms with Crippen molar-refractivity contribution in [2.45, 2.75) is 43.5 Å². The number of carbonyl (C=O) groups excluding carboxylic acids is 1. The molecule has 7 nitrogen and oxygen atoms in total. The molecule has 32 heavy (non-hydrogen) atoms. The van der Waals surface area contributed by atoms with Gasteiger partial charge < -0.3 is 15.0 Å². The van der Waals surface area contributed by atoms with Crippen LogP contribution in [0.1, 0.15) is 48.0 Å². The van der Waals surface area contributed by atoms with Gasteiger partial charge in [-0.2, -0.15) is 4.31 Å². The fourth-order valence-electron chi connectivity index (χ4n) is 4.37. The van der Waals surface area contributed by atoms with Crippen molar-refractivity contribution in [3.05, 3.63) is 53.6 Å². The molecule has 1 amide bonds. The van der Waals surface area contributed by atoms with Gasteiger partial charge in [0.05, 0.1) is 17.6 Å². The maximum absolute atomic E-state index is 13.2. The first kappa shape index (κ1) is 22.6. The summed E-state index contributed by atoms with van der Waals surface area (Å²) in [6.45, 7) is 3.17. The summed E-state index contributed by atoms with van der Waals surface area (Å²) in [5.41, 5.74) is 2.16. The van der Waals surface area contributed by atoms with Gasteiger partial charge in [0.2, 0.25) is 10.0 Å². The van der Waals surface area contributed by atoms with E-state index in [-0.39, 0.29) is 10.8 Å². The normalized spacial score (nSPS) is 17.3. The van der Waals surface area contributed by atoms with Crippen LogP contribution in [-0.2, 0) is 16.6 Å². The lowest BCUT2D eigenvalue weighted by molar-refractivity contribution is 0.0951. The fraction of sp³-hybridized carbons (Fsp3) is 0.458. The molecule has 2 aliphatic rings. The van der Waals surface area contributed by atoms with Gasteiger partial charge in [0, 0.05) is 38.4 Å². The zero-order valence-electron chi connectivity index (χ0n) is 18.5. The van der Waals surface area contributed by atoms with Crippen LogP contribution in [0.5, 0.6) is 5.75 Å². The first-order chi connectivity index (χ1) is 15.5. The third-order valence-corrected chi connectivity index (χ3v) is 8.12. The molecule has 2 aliphatic heterocycles. The van der Waals surface area contributed by atoms with E-state index in [4.69, 9.17) is 4.74 Å². The molecule has 0 saturated carbocycles. The Bertz CT molecular complexity index is 1040. The van der Waals surface area contributed by atoms with Gasteiger partial charge in [0.15, 0.2) is 0 Å². The summed E-state index contributed by atoms with van der Waals surface area (Å²) in [7, 11) is -2.00. The summed E-state index contributed by atoms with van der Waals surface area (Å²) in [6, 6.07) is 12.5. The molecular weight excluding hydrogens is 426 g/mol. The number of sulfonamides is 1. The number of benzene rings is 2. The highest BCUT2D eigenvalue weighted by atomic mass is 32.2. The van der Waals surface area contributed by atoms with Crippen molar-refractivity contribution in [2.75, 3.05) is 38.2 Å². The highest BCUT2D eigenvalue weighted by molar-refractivity contribution is 7.89. The van der Waals surface area contributed by atoms with Crippen LogP contribution in [0.3, 0.4) is 0 Å². The number of amides is 1. The Labute approximate surface area is 190 Å². The zero-order chi connectivity index (χ0) is 22.6. The molecule has 1 N–H and O–H groups in total. The summed E-state index contributed by atoms with van der Waals surface area (Å²) in [5.74, 6) is 0.491. The van der Waals surface area contributed by atoms with Crippen LogP contribution < -0.4 is 15.0 Å². The third-order valence-electron chi connectivity index (χ3n) is 6.22. The van der Waals surface area contributed by atoms with E-state index < -0.39 is 10.0 Å². The zero-order valence-corrected chi connectivity index (χ0v) is 19.4. The predicted molar refractivity (Wildman–Crippen MR) is 125 cm³/mol. The molecule has 2 heterocycles. The highest BCUT2D eigenvalue weighted by Gasteiger charge is 2.28. The maximum Gasteiger partial charge on any atom is 0.253 e. The van der Waals surface area contributed by atoms with Crippen LogP contribution in [0.15, 0.2) is 47.4 Å². The Balaban J connectivity index is 1.59. The number of carbonyl (C=O) groups is 1. The second-order valence-corrected chi connectivity index (χ2v) is 10.3. The van der Waals surface area contributed by atoms with Crippen LogP contribution in [0.2, 0.25) is 0 Å². The number of nitrogens with zero attached hydrogens (tertiary/aromatic N) is 2. The molecule has 8 heteroatoms. The first-order valence-corrected chi connectivity index (χ1v) is 12.7. The molecular formula is C24H31N3O4S. The van der Waals surface area contributed by atoms with Gasteiger partial charge in [-0.25, -0.2) is 8.42 Å². The predicted octanol–water partition coefficient (Wildman–Crippen LogP) is 3.40. The number of anilines is 1. The van der Waals surface area contributed by atoms with Gasteiger partial charge in [0.1, 0.15) is 5.75 Å². The van der Waals surface area contributed by atoms with E-state index in [1.807, 2.05) is 24.3 Å². The van der Waals surface area contributed by atoms with E-state index in [0.717, 1.165) is 62.2 Å². The topological polar surface area (TPSA) is 78.9 Å². The summed E-state index contributed by atoms with van der Waals surface area (Å²) < 4.78 is 33.1. The molecule has 0 atom stereocenters. The lowest BCUT2D eigenvalue weighted by Gasteiger charge is -2.27. The Morgan fingerprint density at radius 2 is 1.59 bits per heavy atom. The molecule has 2 saturated heterocycles. The molecule has 4 rings (SSSR count). The molecule has 2 aromatic carbocycles. The smallest absolute Gasteiger partial charge is 0.253 e. The van der Waals surface area contributed by atoms with Gasteiger partial charge in [-0.15, -0.1) is 0 Å². The number of hydrogen-bond donors (Lipinski definition) is 1. The highest BCUT2D eigenvalue weighted by Crippen LogP contribution is 2.29. The van der Waals surface area contributed by atoms with E-state index in [0.29, 0.717) is 25.2 Å². The van der Waals surface area contributed by atoms with Crippen LogP contribution >= 0.6 is 0 Å². The Hall–Kier alpha value is -2.58. The van der Waals surface area contributed by atoms with Crippen molar-refractivity contribution in [3.63, 3.8) is 0 Å². The number of piperidine rings is 1. The summed E-state index contributed by atoms with van der Waals surface area (Å²) >= 11 is 0. The Morgan fingerprint density at radius 1 is 0.938 bits per heavy atom. The summed E-state index contributed by atoms with van der Waals surface area (Å²) in [5, 5.41) is 2.96. The van der Waals surface area contributed by atoms with Crippen molar-refractivity contribution >= 4 is 21.6 Å². The molecule has 2 fully saturated rings. The van der Waals surface area contributed by atoms with Gasteiger partial charge in [-0.3, -0.25) is 4.79 Å². The number of rotatable bonds is 7. The summed E-state index contributed by atoms with van der Waals surface area (Å²) in [4.78, 5) is 15.6. The minimum Gasteiger partial charge on any atom is -0.497 e. The molecule has 0 bridgehead atoms. The van der Waals surface area contributed by atoms with Crippen molar-refractivity contribution in [1.82, 2.24) is 9.62 Å². The molecule has 0 spiro atoms. The van der Waals surface area contributed by atoms with Crippen molar-refractivity contribution in [2.24, 2.45) is 0 Å². The van der Waals surface area contributed by atoms with E-state index >= 15 is 0 Å². The minimum atomic E-state index is -3.61. The van der Waals surface area contributed by atoms with E-state index in [9.17, 15) is 13.2 Å². The fourth-order valence-corrected chi connectivity index (χ4v) is 5.91. The quantitative estimate of drug-likeness (QED) is 0.689. The van der Waals surface area contributed by atoms with E-state index in [1.165, 1.54) is 0 Å². The number of nitrogens with one attached hydrogen (secondary N) is 1. The average molecular weight is 458 g/mol. The Kier molecular flexibility index (Phi) is 7.01. The average Bonchev–Trinajstić information content (AvgIpc) is 3.38. The molecule has 0 unspecified atom stereocenters. The number of methoxy groups -OCH3 is 1. The molecule has 0 aromatic heterocycles. The number of hydrogen-bond acceptors (Lipinski definition) is 5. The minimum absolute atomic E-state index is 0.192. The third kappa shape index (κ3) is 4.91. The van der Waals surface area contributed by atoms with Gasteiger partial charge in [-0.05, 0) is 61.6 Å². The van der Waals surface area contributed by atoms with Crippen molar-refractivity contribution < 1.29 is 17.9 Å². The lowest BCUT2D eigenvalue weighted by atomic mass is 10.1. The molecule has 0 radical (unpaired) electrons. The Morgan fingerprint density at radius 3 is 2.25 bits per heavy atom. The second-order valence-electron chi connectivity index (χ2n) is 8.37. The van der Waals surface area contributed by atoms with E-state index in [2.05, 4.69) is 10.2 Å². The lowest BCUT2D eigenvalue weighted by Crippen LogP contribution is -2.36. The van der Waals surface area contributed by atoms with E-state index in [1.54, 1.807) is 29.6 Å². The van der Waals surface area contributed by atoms with Crippen molar-refractivity contribution in [3.8, 4) is 5.75 Å². The standard InChI is InChI=1S/C24H31N3O4S/c1-31-20-9-7-19(8-10-20)18-25-24(28)22-17-21(11-12-23(22)26-13-5-6-14-26)32(29,30)27-15-3-2-4-16-27/h7-12,17H,2-6,13-16,18H2,1H3,(H,25,28). The monoisotopic (exact) mass is 457 g/mol. The van der Waals surface area contributed by atoms with Crippen LogP contribution in [0, 0.1) is 0 Å². The second kappa shape index (κ2) is 9.92. The van der Waals surface area contributed by atoms with Gasteiger partial charge in [-0.1, -0.05) is 18.6 Å². The number of ether oxygens (including phenoxy) is 1. The van der Waals surface area contributed by atoms with Gasteiger partial charge >= 0.3 is 0 Å². The van der Waals surface area contributed by atoms with Crippen LogP contribution in [-0.4, -0.2) is 51.9 Å². The molecule has 2 aromatic rings. The first-order valence-electron chi connectivity index (χ1n) is 11.3. The summed E-state index contributed by atoms with van der Waals surface area (Å²) in [6.07, 6.45) is 4.95. The largest absolute Gasteiger partial charge is 0.497 e. The SMILES string of the molecule is COc1ccc(CNC(=O)c2cc(S(=O)(=O)N3CCCCC3)ccc2N2CCCC2)cc1. The maximum atomic E-state index is 13.2. The van der Waals surface area contributed by atoms with Crippen LogP contribution in [0.25, 0.3) is 0 Å². The molecule has 172 valence electrons.